The highest BCUT2D eigenvalue weighted by molar-refractivity contribution is 7.46. The van der Waals surface area contributed by atoms with Crippen LogP contribution in [0.1, 0.15) is 36.3 Å². The molecule has 0 radical (unpaired) electrons. The van der Waals surface area contributed by atoms with Gasteiger partial charge < -0.3 is 9.79 Å². The van der Waals surface area contributed by atoms with Gasteiger partial charge in [0.05, 0.1) is 6.61 Å². The lowest BCUT2D eigenvalue weighted by Gasteiger charge is -2.18. The number of hydrogen-bond donors (Lipinski definition) is 2. The van der Waals surface area contributed by atoms with E-state index in [1.807, 2.05) is 36.4 Å². The molecule has 118 valence electrons. The summed E-state index contributed by atoms with van der Waals surface area (Å²) in [5, 5.41) is 0. The molecule has 0 saturated carbocycles. The molecule has 2 aromatic carbocycles. The van der Waals surface area contributed by atoms with Crippen molar-refractivity contribution in [3.05, 3.63) is 71.8 Å². The Kier molecular flexibility index (Phi) is 6.34. The Balaban J connectivity index is 1.96. The minimum absolute atomic E-state index is 0.0839. The Hall–Kier alpha value is -1.45. The second-order valence-corrected chi connectivity index (χ2v) is 6.43. The first kappa shape index (κ1) is 16.9. The van der Waals surface area contributed by atoms with Crippen LogP contribution in [-0.2, 0) is 9.09 Å². The SMILES string of the molecule is O=P(O)(O)OCCCCC(c1ccccc1)c1ccccc1. The van der Waals surface area contributed by atoms with Gasteiger partial charge in [-0.2, -0.15) is 0 Å². The molecule has 2 N–H and O–H groups in total. The molecule has 0 aliphatic carbocycles. The largest absolute Gasteiger partial charge is 0.469 e. The minimum Gasteiger partial charge on any atom is -0.303 e. The van der Waals surface area contributed by atoms with Gasteiger partial charge in [0.2, 0.25) is 0 Å². The first-order valence-electron chi connectivity index (χ1n) is 7.36. The van der Waals surface area contributed by atoms with Crippen molar-refractivity contribution in [1.29, 1.82) is 0 Å². The molecule has 22 heavy (non-hydrogen) atoms. The minimum atomic E-state index is -4.35. The molecule has 0 aromatic heterocycles. The molecule has 0 atom stereocenters. The first-order chi connectivity index (χ1) is 10.6. The van der Waals surface area contributed by atoms with E-state index in [1.165, 1.54) is 11.1 Å². The Morgan fingerprint density at radius 3 is 1.82 bits per heavy atom. The monoisotopic (exact) mass is 320 g/mol. The average molecular weight is 320 g/mol. The summed E-state index contributed by atoms with van der Waals surface area (Å²) in [5.41, 5.74) is 2.51. The van der Waals surface area contributed by atoms with E-state index >= 15 is 0 Å². The van der Waals surface area contributed by atoms with Crippen LogP contribution in [0, 0.1) is 0 Å². The summed E-state index contributed by atoms with van der Waals surface area (Å²) in [4.78, 5) is 17.3. The number of phosphoric acid groups is 1. The average Bonchev–Trinajstić information content (AvgIpc) is 2.51. The van der Waals surface area contributed by atoms with Crippen LogP contribution in [0.3, 0.4) is 0 Å². The molecule has 2 rings (SSSR count). The van der Waals surface area contributed by atoms with Gasteiger partial charge in [0, 0.05) is 5.92 Å². The highest BCUT2D eigenvalue weighted by Crippen LogP contribution is 2.36. The van der Waals surface area contributed by atoms with Crippen LogP contribution in [0.25, 0.3) is 0 Å². The molecule has 0 bridgehead atoms. The van der Waals surface area contributed by atoms with E-state index in [2.05, 4.69) is 28.8 Å². The molecule has 0 saturated heterocycles. The van der Waals surface area contributed by atoms with Gasteiger partial charge in [-0.25, -0.2) is 4.57 Å². The smallest absolute Gasteiger partial charge is 0.303 e. The third-order valence-electron chi connectivity index (χ3n) is 3.55. The summed E-state index contributed by atoms with van der Waals surface area (Å²) < 4.78 is 15.1. The third kappa shape index (κ3) is 5.74. The van der Waals surface area contributed by atoms with Crippen molar-refractivity contribution in [2.45, 2.75) is 25.2 Å². The second-order valence-electron chi connectivity index (χ2n) is 5.19. The van der Waals surface area contributed by atoms with Gasteiger partial charge in [-0.05, 0) is 24.0 Å². The van der Waals surface area contributed by atoms with Gasteiger partial charge in [-0.1, -0.05) is 67.1 Å². The fourth-order valence-corrected chi connectivity index (χ4v) is 2.90. The summed E-state index contributed by atoms with van der Waals surface area (Å²) in [7, 11) is -4.35. The van der Waals surface area contributed by atoms with E-state index in [-0.39, 0.29) is 12.5 Å². The van der Waals surface area contributed by atoms with Crippen LogP contribution in [0.5, 0.6) is 0 Å². The number of rotatable bonds is 8. The predicted octanol–water partition coefficient (Wildman–Crippen LogP) is 4.10. The molecular weight excluding hydrogens is 299 g/mol. The van der Waals surface area contributed by atoms with Crippen LogP contribution >= 0.6 is 7.82 Å². The molecule has 0 heterocycles. The molecule has 0 spiro atoms. The Morgan fingerprint density at radius 2 is 1.36 bits per heavy atom. The first-order valence-corrected chi connectivity index (χ1v) is 8.89. The quantitative estimate of drug-likeness (QED) is 0.568. The van der Waals surface area contributed by atoms with Crippen molar-refractivity contribution in [2.75, 3.05) is 6.61 Å². The molecule has 0 aliphatic heterocycles. The van der Waals surface area contributed by atoms with Crippen molar-refractivity contribution in [3.63, 3.8) is 0 Å². The topological polar surface area (TPSA) is 66.8 Å². The van der Waals surface area contributed by atoms with Crippen molar-refractivity contribution in [1.82, 2.24) is 0 Å². The summed E-state index contributed by atoms with van der Waals surface area (Å²) in [6.45, 7) is 0.0839. The van der Waals surface area contributed by atoms with Crippen LogP contribution in [0.2, 0.25) is 0 Å². The third-order valence-corrected chi connectivity index (χ3v) is 4.07. The summed E-state index contributed by atoms with van der Waals surface area (Å²) in [6, 6.07) is 20.6. The zero-order valence-corrected chi connectivity index (χ0v) is 13.2. The molecule has 0 aliphatic rings. The van der Waals surface area contributed by atoms with Gasteiger partial charge >= 0.3 is 7.82 Å². The molecule has 0 unspecified atom stereocenters. The lowest BCUT2D eigenvalue weighted by molar-refractivity contribution is 0.193. The van der Waals surface area contributed by atoms with E-state index in [9.17, 15) is 4.57 Å². The zero-order valence-electron chi connectivity index (χ0n) is 12.3. The molecule has 0 fully saturated rings. The summed E-state index contributed by atoms with van der Waals surface area (Å²) in [6.07, 6.45) is 2.38. The molecule has 4 nitrogen and oxygen atoms in total. The van der Waals surface area contributed by atoms with Crippen LogP contribution < -0.4 is 0 Å². The number of phosphoric ester groups is 1. The Bertz CT molecular complexity index is 555. The fraction of sp³-hybridized carbons (Fsp3) is 0.294. The van der Waals surface area contributed by atoms with Crippen LogP contribution in [-0.4, -0.2) is 16.4 Å². The van der Waals surface area contributed by atoms with Gasteiger partial charge in [-0.15, -0.1) is 0 Å². The van der Waals surface area contributed by atoms with E-state index in [0.717, 1.165) is 12.8 Å². The molecular formula is C17H21O4P. The highest BCUT2D eigenvalue weighted by atomic mass is 31.2. The highest BCUT2D eigenvalue weighted by Gasteiger charge is 2.15. The fourth-order valence-electron chi connectivity index (χ4n) is 2.53. The van der Waals surface area contributed by atoms with Crippen molar-refractivity contribution < 1.29 is 18.9 Å². The number of benzene rings is 2. The summed E-state index contributed by atoms with van der Waals surface area (Å²) in [5.74, 6) is 0.289. The second kappa shape index (κ2) is 8.25. The zero-order chi connectivity index (χ0) is 15.8. The van der Waals surface area contributed by atoms with Gasteiger partial charge in [0.25, 0.3) is 0 Å². The lowest BCUT2D eigenvalue weighted by Crippen LogP contribution is -2.02. The predicted molar refractivity (Wildman–Crippen MR) is 86.6 cm³/mol. The number of hydrogen-bond acceptors (Lipinski definition) is 2. The maximum atomic E-state index is 10.6. The van der Waals surface area contributed by atoms with Crippen molar-refractivity contribution in [2.24, 2.45) is 0 Å². The lowest BCUT2D eigenvalue weighted by atomic mass is 9.87. The standard InChI is InChI=1S/C17H21O4P/c18-22(19,20)21-14-8-7-13-17(15-9-3-1-4-10-15)16-11-5-2-6-12-16/h1-6,9-12,17H,7-8,13-14H2,(H2,18,19,20). The number of unbranched alkanes of at least 4 members (excludes halogenated alkanes) is 1. The maximum absolute atomic E-state index is 10.6. The van der Waals surface area contributed by atoms with Gasteiger partial charge in [0.1, 0.15) is 0 Å². The van der Waals surface area contributed by atoms with Gasteiger partial charge in [-0.3, -0.25) is 4.52 Å². The Labute approximate surface area is 131 Å². The van der Waals surface area contributed by atoms with E-state index in [1.54, 1.807) is 0 Å². The van der Waals surface area contributed by atoms with Crippen molar-refractivity contribution in [3.8, 4) is 0 Å². The molecule has 5 heteroatoms. The molecule has 2 aromatic rings. The van der Waals surface area contributed by atoms with E-state index in [0.29, 0.717) is 6.42 Å². The normalized spacial score (nSPS) is 11.8. The van der Waals surface area contributed by atoms with E-state index < -0.39 is 7.82 Å². The van der Waals surface area contributed by atoms with Gasteiger partial charge in [0.15, 0.2) is 0 Å². The maximum Gasteiger partial charge on any atom is 0.469 e. The molecule has 0 amide bonds. The van der Waals surface area contributed by atoms with Crippen LogP contribution in [0.4, 0.5) is 0 Å². The van der Waals surface area contributed by atoms with Crippen LogP contribution in [0.15, 0.2) is 60.7 Å². The van der Waals surface area contributed by atoms with E-state index in [4.69, 9.17) is 9.79 Å². The Morgan fingerprint density at radius 1 is 0.864 bits per heavy atom. The van der Waals surface area contributed by atoms with Crippen molar-refractivity contribution >= 4 is 7.82 Å². The summed E-state index contributed by atoms with van der Waals surface area (Å²) >= 11 is 0.